The molecule has 2 N–H and O–H groups in total. The number of rotatable bonds is 7. The lowest BCUT2D eigenvalue weighted by molar-refractivity contribution is -0.383. The maximum absolute atomic E-state index is 11.5. The zero-order valence-electron chi connectivity index (χ0n) is 15.3. The van der Waals surface area contributed by atoms with E-state index in [1.807, 2.05) is 30.3 Å². The lowest BCUT2D eigenvalue weighted by Crippen LogP contribution is -2.25. The number of para-hydroxylation sites is 1. The third-order valence-electron chi connectivity index (χ3n) is 4.09. The molecule has 1 aromatic heterocycles. The van der Waals surface area contributed by atoms with Gasteiger partial charge in [0.2, 0.25) is 0 Å². The lowest BCUT2D eigenvalue weighted by Gasteiger charge is -2.14. The number of non-ortho nitro benzene ring substituents is 1. The van der Waals surface area contributed by atoms with E-state index in [4.69, 9.17) is 0 Å². The molecule has 146 valence electrons. The number of aromatic nitrogens is 1. The van der Waals surface area contributed by atoms with Crippen molar-refractivity contribution in [2.75, 3.05) is 18.4 Å². The molecule has 0 radical (unpaired) electrons. The first-order chi connectivity index (χ1) is 12.1. The normalized spacial score (nSPS) is 10.5. The number of halogens is 2. The second-order valence-electron chi connectivity index (χ2n) is 6.32. The summed E-state index contributed by atoms with van der Waals surface area (Å²) in [7, 11) is 0. The average molecular weight is 411 g/mol. The molecule has 1 heterocycles. The Labute approximate surface area is 170 Å². The minimum atomic E-state index is -0.343. The van der Waals surface area contributed by atoms with E-state index in [9.17, 15) is 10.1 Å². The molecule has 0 amide bonds. The number of pyridine rings is 1. The van der Waals surface area contributed by atoms with Gasteiger partial charge in [0, 0.05) is 24.0 Å². The highest BCUT2D eigenvalue weighted by Crippen LogP contribution is 2.36. The van der Waals surface area contributed by atoms with Crippen LogP contribution in [0, 0.1) is 10.1 Å². The SMILES string of the molecule is CC(C)NCCCNc1c2ccccc2nc2cccc([N+](=O)[O-])c12.Cl.Cl. The van der Waals surface area contributed by atoms with Crippen LogP contribution in [0.5, 0.6) is 0 Å². The van der Waals surface area contributed by atoms with Gasteiger partial charge in [-0.1, -0.05) is 38.1 Å². The Balaban J connectivity index is 0.00000182. The van der Waals surface area contributed by atoms with Crippen molar-refractivity contribution in [1.82, 2.24) is 10.3 Å². The lowest BCUT2D eigenvalue weighted by atomic mass is 10.1. The molecule has 3 aromatic rings. The summed E-state index contributed by atoms with van der Waals surface area (Å²) in [5.41, 5.74) is 2.34. The van der Waals surface area contributed by atoms with Crippen LogP contribution in [0.15, 0.2) is 42.5 Å². The van der Waals surface area contributed by atoms with Gasteiger partial charge in [-0.2, -0.15) is 0 Å². The van der Waals surface area contributed by atoms with Crippen molar-refractivity contribution in [3.05, 3.63) is 52.6 Å². The standard InChI is InChI=1S/C19H22N4O2.2ClH/c1-13(2)20-11-6-12-21-19-14-7-3-4-8-15(14)22-16-9-5-10-17(18(16)19)23(24)25;;/h3-5,7-10,13,20H,6,11-12H2,1-2H3,(H,21,22);2*1H. The molecule has 0 fully saturated rings. The fraction of sp³-hybridized carbons (Fsp3) is 0.316. The monoisotopic (exact) mass is 410 g/mol. The number of nitrogens with zero attached hydrogens (tertiary/aromatic N) is 2. The van der Waals surface area contributed by atoms with Crippen LogP contribution in [0.3, 0.4) is 0 Å². The predicted molar refractivity (Wildman–Crippen MR) is 117 cm³/mol. The van der Waals surface area contributed by atoms with Gasteiger partial charge >= 0.3 is 0 Å². The van der Waals surface area contributed by atoms with E-state index in [2.05, 4.69) is 29.5 Å². The zero-order valence-corrected chi connectivity index (χ0v) is 16.9. The van der Waals surface area contributed by atoms with E-state index in [1.165, 1.54) is 6.07 Å². The van der Waals surface area contributed by atoms with Crippen molar-refractivity contribution in [3.8, 4) is 0 Å². The smallest absolute Gasteiger partial charge is 0.280 e. The highest BCUT2D eigenvalue weighted by molar-refractivity contribution is 6.11. The third kappa shape index (κ3) is 5.19. The van der Waals surface area contributed by atoms with Gasteiger partial charge in [0.1, 0.15) is 5.39 Å². The number of nitro benzene ring substituents is 1. The predicted octanol–water partition coefficient (Wildman–Crippen LogP) is 4.94. The first-order valence-corrected chi connectivity index (χ1v) is 8.51. The van der Waals surface area contributed by atoms with E-state index < -0.39 is 0 Å². The first kappa shape index (κ1) is 22.9. The molecule has 0 aliphatic heterocycles. The topological polar surface area (TPSA) is 80.1 Å². The number of benzene rings is 2. The fourth-order valence-electron chi connectivity index (χ4n) is 2.95. The fourth-order valence-corrected chi connectivity index (χ4v) is 2.95. The van der Waals surface area contributed by atoms with Crippen LogP contribution in [-0.2, 0) is 0 Å². The van der Waals surface area contributed by atoms with E-state index >= 15 is 0 Å². The second-order valence-corrected chi connectivity index (χ2v) is 6.32. The molecule has 6 nitrogen and oxygen atoms in total. The summed E-state index contributed by atoms with van der Waals surface area (Å²) in [5.74, 6) is 0. The minimum Gasteiger partial charge on any atom is -0.384 e. The van der Waals surface area contributed by atoms with E-state index in [1.54, 1.807) is 6.07 Å². The molecule has 27 heavy (non-hydrogen) atoms. The van der Waals surface area contributed by atoms with E-state index in [0.717, 1.165) is 36.1 Å². The molecule has 3 rings (SSSR count). The summed E-state index contributed by atoms with van der Waals surface area (Å²) in [5, 5.41) is 19.8. The van der Waals surface area contributed by atoms with Crippen LogP contribution in [0.25, 0.3) is 21.8 Å². The van der Waals surface area contributed by atoms with Crippen LogP contribution in [0.1, 0.15) is 20.3 Å². The van der Waals surface area contributed by atoms with E-state index in [-0.39, 0.29) is 35.4 Å². The van der Waals surface area contributed by atoms with Crippen molar-refractivity contribution in [2.45, 2.75) is 26.3 Å². The Morgan fingerprint density at radius 2 is 1.74 bits per heavy atom. The van der Waals surface area contributed by atoms with Gasteiger partial charge in [0.05, 0.1) is 21.6 Å². The van der Waals surface area contributed by atoms with Gasteiger partial charge in [-0.05, 0) is 25.1 Å². The molecule has 0 bridgehead atoms. The summed E-state index contributed by atoms with van der Waals surface area (Å²) < 4.78 is 0. The van der Waals surface area contributed by atoms with Crippen molar-refractivity contribution in [1.29, 1.82) is 0 Å². The van der Waals surface area contributed by atoms with Gasteiger partial charge in [-0.25, -0.2) is 4.98 Å². The summed E-state index contributed by atoms with van der Waals surface area (Å²) in [6.07, 6.45) is 0.928. The summed E-state index contributed by atoms with van der Waals surface area (Å²) in [4.78, 5) is 15.7. The largest absolute Gasteiger partial charge is 0.384 e. The molecular weight excluding hydrogens is 387 g/mol. The molecular formula is C19H24Cl2N4O2. The van der Waals surface area contributed by atoms with Crippen molar-refractivity contribution >= 4 is 58.0 Å². The number of anilines is 1. The van der Waals surface area contributed by atoms with Crippen LogP contribution in [0.4, 0.5) is 11.4 Å². The number of fused-ring (bicyclic) bond motifs is 2. The number of hydrogen-bond donors (Lipinski definition) is 2. The average Bonchev–Trinajstić information content (AvgIpc) is 2.59. The number of hydrogen-bond acceptors (Lipinski definition) is 5. The molecule has 2 aromatic carbocycles. The van der Waals surface area contributed by atoms with Gasteiger partial charge in [0.15, 0.2) is 0 Å². The Morgan fingerprint density at radius 3 is 2.44 bits per heavy atom. The molecule has 8 heteroatoms. The number of nitro groups is 1. The Bertz CT molecular complexity index is 919. The van der Waals surface area contributed by atoms with Crippen LogP contribution < -0.4 is 10.6 Å². The van der Waals surface area contributed by atoms with Gasteiger partial charge < -0.3 is 10.6 Å². The summed E-state index contributed by atoms with van der Waals surface area (Å²) in [6.45, 7) is 5.85. The molecule has 0 aliphatic rings. The quantitative estimate of drug-likeness (QED) is 0.249. The molecule has 0 saturated heterocycles. The molecule has 0 atom stereocenters. The third-order valence-corrected chi connectivity index (χ3v) is 4.09. The molecule has 0 unspecified atom stereocenters. The Morgan fingerprint density at radius 1 is 1.04 bits per heavy atom. The zero-order chi connectivity index (χ0) is 17.8. The first-order valence-electron chi connectivity index (χ1n) is 8.51. The number of nitrogens with one attached hydrogen (secondary N) is 2. The summed E-state index contributed by atoms with van der Waals surface area (Å²) >= 11 is 0. The highest BCUT2D eigenvalue weighted by atomic mass is 35.5. The highest BCUT2D eigenvalue weighted by Gasteiger charge is 2.18. The molecule has 0 aliphatic carbocycles. The van der Waals surface area contributed by atoms with Crippen molar-refractivity contribution in [2.24, 2.45) is 0 Å². The van der Waals surface area contributed by atoms with Crippen LogP contribution >= 0.6 is 24.8 Å². The van der Waals surface area contributed by atoms with Gasteiger partial charge in [0.25, 0.3) is 5.69 Å². The van der Waals surface area contributed by atoms with Gasteiger partial charge in [-0.3, -0.25) is 10.1 Å². The molecule has 0 saturated carbocycles. The van der Waals surface area contributed by atoms with Crippen molar-refractivity contribution < 1.29 is 4.92 Å². The van der Waals surface area contributed by atoms with E-state index in [0.29, 0.717) is 16.9 Å². The maximum atomic E-state index is 11.5. The van der Waals surface area contributed by atoms with Crippen molar-refractivity contribution in [3.63, 3.8) is 0 Å². The van der Waals surface area contributed by atoms with Crippen LogP contribution in [-0.4, -0.2) is 29.0 Å². The summed E-state index contributed by atoms with van der Waals surface area (Å²) in [6, 6.07) is 13.2. The Hall–Kier alpha value is -2.15. The van der Waals surface area contributed by atoms with Crippen LogP contribution in [0.2, 0.25) is 0 Å². The second kappa shape index (κ2) is 10.3. The Kier molecular flexibility index (Phi) is 8.69. The minimum absolute atomic E-state index is 0. The molecule has 0 spiro atoms. The van der Waals surface area contributed by atoms with Gasteiger partial charge in [-0.15, -0.1) is 24.8 Å². The maximum Gasteiger partial charge on any atom is 0.280 e.